The van der Waals surface area contributed by atoms with Crippen molar-refractivity contribution in [2.24, 2.45) is 0 Å². The Labute approximate surface area is 207 Å². The van der Waals surface area contributed by atoms with Crippen LogP contribution in [0.15, 0.2) is 72.8 Å². The second-order valence-electron chi connectivity index (χ2n) is 7.66. The topological polar surface area (TPSA) is 89.0 Å². The summed E-state index contributed by atoms with van der Waals surface area (Å²) < 4.78 is 70.3. The van der Waals surface area contributed by atoms with Gasteiger partial charge in [-0.2, -0.15) is 28.1 Å². The Balaban J connectivity index is 1.68. The molecule has 7 nitrogen and oxygen atoms in total. The molecule has 12 heteroatoms. The van der Waals surface area contributed by atoms with Gasteiger partial charge in [0.1, 0.15) is 11.6 Å². The quantitative estimate of drug-likeness (QED) is 0.296. The molecule has 0 saturated carbocycles. The first kappa shape index (κ1) is 25.5. The Kier molecular flexibility index (Phi) is 7.56. The van der Waals surface area contributed by atoms with E-state index in [4.69, 9.17) is 4.74 Å². The molecule has 0 aliphatic rings. The average Bonchev–Trinajstić information content (AvgIpc) is 2.88. The maximum absolute atomic E-state index is 14.2. The number of nitrogens with zero attached hydrogens (tertiary/aromatic N) is 3. The second-order valence-corrected chi connectivity index (χ2v) is 7.66. The monoisotopic (exact) mass is 515 g/mol. The molecule has 0 atom stereocenters. The van der Waals surface area contributed by atoms with Crippen molar-refractivity contribution >= 4 is 17.5 Å². The molecule has 3 aromatic carbocycles. The fourth-order valence-electron chi connectivity index (χ4n) is 3.14. The average molecular weight is 515 g/mol. The van der Waals surface area contributed by atoms with Crippen molar-refractivity contribution < 1.29 is 31.5 Å². The highest BCUT2D eigenvalue weighted by Crippen LogP contribution is 2.29. The molecule has 1 aromatic heterocycles. The normalized spacial score (nSPS) is 11.2. The summed E-state index contributed by atoms with van der Waals surface area (Å²) in [5, 5.41) is 5.43. The molecule has 1 heterocycles. The minimum atomic E-state index is -4.66. The number of ether oxygens (including phenoxy) is 1. The molecule has 4 rings (SSSR count). The second kappa shape index (κ2) is 11.0. The number of rotatable bonds is 8. The molecule has 0 bridgehead atoms. The van der Waals surface area contributed by atoms with Crippen LogP contribution in [0.2, 0.25) is 0 Å². The van der Waals surface area contributed by atoms with Gasteiger partial charge in [-0.3, -0.25) is 4.79 Å². The summed E-state index contributed by atoms with van der Waals surface area (Å²) in [6, 6.07) is 16.4. The largest absolute Gasteiger partial charge is 0.454 e. The summed E-state index contributed by atoms with van der Waals surface area (Å²) >= 11 is 0. The summed E-state index contributed by atoms with van der Waals surface area (Å²) in [7, 11) is 0. The van der Waals surface area contributed by atoms with E-state index in [1.807, 2.05) is 0 Å². The van der Waals surface area contributed by atoms with Crippen molar-refractivity contribution in [1.82, 2.24) is 15.0 Å². The lowest BCUT2D eigenvalue weighted by atomic mass is 10.1. The third-order valence-corrected chi connectivity index (χ3v) is 4.85. The number of nitrogens with one attached hydrogen (secondary N) is 2. The van der Waals surface area contributed by atoms with Crippen molar-refractivity contribution in [3.63, 3.8) is 0 Å². The Morgan fingerprint density at radius 2 is 1.57 bits per heavy atom. The van der Waals surface area contributed by atoms with Crippen LogP contribution in [0.1, 0.15) is 15.9 Å². The van der Waals surface area contributed by atoms with Crippen LogP contribution in [0.4, 0.5) is 33.6 Å². The fourth-order valence-corrected chi connectivity index (χ4v) is 3.14. The molecule has 4 aromatic rings. The van der Waals surface area contributed by atoms with E-state index in [1.54, 1.807) is 30.3 Å². The first-order chi connectivity index (χ1) is 17.7. The van der Waals surface area contributed by atoms with Crippen molar-refractivity contribution in [3.05, 3.63) is 95.6 Å². The summed E-state index contributed by atoms with van der Waals surface area (Å²) in [6.45, 7) is -1.59. The van der Waals surface area contributed by atoms with Gasteiger partial charge in [0.15, 0.2) is 12.4 Å². The summed E-state index contributed by atoms with van der Waals surface area (Å²) in [6.07, 6.45) is -4.66. The summed E-state index contributed by atoms with van der Waals surface area (Å²) in [4.78, 5) is 24.6. The van der Waals surface area contributed by atoms with Gasteiger partial charge in [-0.05, 0) is 48.0 Å². The number of aromatic nitrogens is 3. The highest BCUT2D eigenvalue weighted by atomic mass is 19.4. The van der Waals surface area contributed by atoms with E-state index in [-0.39, 0.29) is 29.6 Å². The zero-order chi connectivity index (χ0) is 26.4. The Bertz CT molecular complexity index is 1380. The highest BCUT2D eigenvalue weighted by Gasteiger charge is 2.29. The van der Waals surface area contributed by atoms with Crippen LogP contribution in [0.5, 0.6) is 6.01 Å². The van der Waals surface area contributed by atoms with Gasteiger partial charge in [-0.25, -0.2) is 8.78 Å². The van der Waals surface area contributed by atoms with Gasteiger partial charge >= 0.3 is 12.2 Å². The third kappa shape index (κ3) is 7.19. The lowest BCUT2D eigenvalue weighted by Crippen LogP contribution is -2.21. The predicted octanol–water partition coefficient (Wildman–Crippen LogP) is 5.62. The predicted molar refractivity (Wildman–Crippen MR) is 125 cm³/mol. The van der Waals surface area contributed by atoms with Crippen LogP contribution < -0.4 is 15.4 Å². The van der Waals surface area contributed by atoms with Gasteiger partial charge in [-0.15, -0.1) is 0 Å². The minimum Gasteiger partial charge on any atom is -0.454 e. The summed E-state index contributed by atoms with van der Waals surface area (Å²) in [5.74, 6) is -2.09. The molecule has 0 radical (unpaired) electrons. The maximum Gasteiger partial charge on any atom is 0.422 e. The molecule has 37 heavy (non-hydrogen) atoms. The number of alkyl halides is 3. The number of hydrogen-bond acceptors (Lipinski definition) is 6. The first-order valence-electron chi connectivity index (χ1n) is 10.8. The van der Waals surface area contributed by atoms with E-state index >= 15 is 0 Å². The van der Waals surface area contributed by atoms with Crippen LogP contribution >= 0.6 is 0 Å². The number of anilines is 2. The van der Waals surface area contributed by atoms with E-state index in [1.165, 1.54) is 30.3 Å². The van der Waals surface area contributed by atoms with E-state index in [2.05, 4.69) is 25.6 Å². The van der Waals surface area contributed by atoms with Gasteiger partial charge in [0.25, 0.3) is 5.91 Å². The van der Waals surface area contributed by atoms with Crippen LogP contribution in [-0.2, 0) is 6.54 Å². The Morgan fingerprint density at radius 1 is 0.865 bits per heavy atom. The molecule has 2 N–H and O–H groups in total. The van der Waals surface area contributed by atoms with E-state index in [0.29, 0.717) is 11.1 Å². The number of carbonyl (C=O) groups excluding carboxylic acids is 1. The van der Waals surface area contributed by atoms with E-state index in [0.717, 1.165) is 12.1 Å². The zero-order valence-electron chi connectivity index (χ0n) is 18.9. The van der Waals surface area contributed by atoms with Gasteiger partial charge in [0.05, 0.1) is 5.69 Å². The Hall–Kier alpha value is -4.61. The SMILES string of the molecule is O=C(Nc1ccc(F)cc1-c1nc(NCc2ccc(F)cc2)nc(OCC(F)(F)F)n1)c1ccccc1. The van der Waals surface area contributed by atoms with Crippen LogP contribution in [-0.4, -0.2) is 33.6 Å². The van der Waals surface area contributed by atoms with Gasteiger partial charge in [-0.1, -0.05) is 30.3 Å². The van der Waals surface area contributed by atoms with Crippen molar-refractivity contribution in [3.8, 4) is 17.4 Å². The maximum atomic E-state index is 14.2. The van der Waals surface area contributed by atoms with E-state index < -0.39 is 36.3 Å². The number of benzene rings is 3. The fraction of sp³-hybridized carbons (Fsp3) is 0.120. The minimum absolute atomic E-state index is 0.0200. The van der Waals surface area contributed by atoms with Crippen molar-refractivity contribution in [2.45, 2.75) is 12.7 Å². The zero-order valence-corrected chi connectivity index (χ0v) is 18.9. The van der Waals surface area contributed by atoms with Crippen molar-refractivity contribution in [1.29, 1.82) is 0 Å². The molecule has 1 amide bonds. The lowest BCUT2D eigenvalue weighted by molar-refractivity contribution is -0.154. The lowest BCUT2D eigenvalue weighted by Gasteiger charge is -2.14. The molecule has 0 fully saturated rings. The van der Waals surface area contributed by atoms with Gasteiger partial charge < -0.3 is 15.4 Å². The van der Waals surface area contributed by atoms with Gasteiger partial charge in [0, 0.05) is 17.7 Å². The van der Waals surface area contributed by atoms with Crippen LogP contribution in [0.3, 0.4) is 0 Å². The first-order valence-corrected chi connectivity index (χ1v) is 10.8. The summed E-state index contributed by atoms with van der Waals surface area (Å²) in [5.41, 5.74) is 1.04. The molecule has 190 valence electrons. The standard InChI is InChI=1S/C25H18F5N5O2/c26-17-8-6-15(7-9-17)13-31-23-33-21(34-24(35-23)37-14-25(28,29)30)19-12-18(27)10-11-20(19)32-22(36)16-4-2-1-3-5-16/h1-12H,13-14H2,(H,32,36)(H,31,33,34,35). The molecule has 0 spiro atoms. The Morgan fingerprint density at radius 3 is 2.27 bits per heavy atom. The van der Waals surface area contributed by atoms with Crippen LogP contribution in [0.25, 0.3) is 11.4 Å². The molecular weight excluding hydrogens is 497 g/mol. The molecule has 0 aliphatic heterocycles. The number of carbonyl (C=O) groups is 1. The van der Waals surface area contributed by atoms with Crippen molar-refractivity contribution in [2.75, 3.05) is 17.2 Å². The molecular formula is C25H18F5N5O2. The van der Waals surface area contributed by atoms with Crippen LogP contribution in [0, 0.1) is 11.6 Å². The smallest absolute Gasteiger partial charge is 0.422 e. The van der Waals surface area contributed by atoms with E-state index in [9.17, 15) is 26.7 Å². The number of amides is 1. The third-order valence-electron chi connectivity index (χ3n) is 4.85. The molecule has 0 unspecified atom stereocenters. The number of halogens is 5. The molecule has 0 saturated heterocycles. The molecule has 0 aliphatic carbocycles. The number of hydrogen-bond donors (Lipinski definition) is 2. The highest BCUT2D eigenvalue weighted by molar-refractivity contribution is 6.06. The van der Waals surface area contributed by atoms with Gasteiger partial charge in [0.2, 0.25) is 5.95 Å².